The van der Waals surface area contributed by atoms with E-state index in [1.54, 1.807) is 6.07 Å². The Labute approximate surface area is 160 Å². The molecular weight excluding hydrogens is 386 g/mol. The van der Waals surface area contributed by atoms with Gasteiger partial charge in [0, 0.05) is 16.0 Å². The third kappa shape index (κ3) is 3.40. The van der Waals surface area contributed by atoms with Crippen LogP contribution in [0.2, 0.25) is 20.1 Å². The number of nitrogens with one attached hydrogen (secondary N) is 1. The summed E-state index contributed by atoms with van der Waals surface area (Å²) in [5.41, 5.74) is 9.47. The number of halogens is 4. The van der Waals surface area contributed by atoms with Crippen LogP contribution in [0.25, 0.3) is 22.2 Å². The normalized spacial score (nSPS) is 11.4. The maximum absolute atomic E-state index is 6.41. The molecule has 0 aliphatic rings. The van der Waals surface area contributed by atoms with E-state index in [1.165, 1.54) is 5.56 Å². The van der Waals surface area contributed by atoms with E-state index >= 15 is 0 Å². The number of hydrogen-bond donors (Lipinski definition) is 2. The van der Waals surface area contributed by atoms with Crippen molar-refractivity contribution in [3.05, 3.63) is 56.0 Å². The van der Waals surface area contributed by atoms with Gasteiger partial charge in [-0.3, -0.25) is 0 Å². The largest absolute Gasteiger partial charge is 0.353 e. The predicted molar refractivity (Wildman–Crippen MR) is 106 cm³/mol. The first-order valence-corrected chi connectivity index (χ1v) is 9.18. The second-order valence-corrected chi connectivity index (χ2v) is 7.26. The van der Waals surface area contributed by atoms with Crippen molar-refractivity contribution in [1.82, 2.24) is 4.98 Å². The molecule has 0 saturated carbocycles. The first kappa shape index (κ1) is 17.9. The highest BCUT2D eigenvalue weighted by atomic mass is 35.5. The maximum Gasteiger partial charge on any atom is 0.0833 e. The molecule has 0 aliphatic heterocycles. The zero-order valence-electron chi connectivity index (χ0n) is 12.8. The summed E-state index contributed by atoms with van der Waals surface area (Å²) >= 11 is 25.0. The molecule has 0 radical (unpaired) electrons. The van der Waals surface area contributed by atoms with Gasteiger partial charge >= 0.3 is 0 Å². The van der Waals surface area contributed by atoms with Crippen LogP contribution in [-0.4, -0.2) is 11.5 Å². The predicted octanol–water partition coefficient (Wildman–Crippen LogP) is 6.73. The average Bonchev–Trinajstić information content (AvgIpc) is 2.91. The van der Waals surface area contributed by atoms with Crippen molar-refractivity contribution in [2.45, 2.75) is 19.3 Å². The van der Waals surface area contributed by atoms with Gasteiger partial charge in [0.15, 0.2) is 0 Å². The van der Waals surface area contributed by atoms with Crippen molar-refractivity contribution in [2.24, 2.45) is 5.73 Å². The van der Waals surface area contributed by atoms with Crippen LogP contribution in [-0.2, 0) is 6.42 Å². The summed E-state index contributed by atoms with van der Waals surface area (Å²) in [5, 5.41) is 3.29. The van der Waals surface area contributed by atoms with Crippen LogP contribution in [0.15, 0.2) is 30.3 Å². The van der Waals surface area contributed by atoms with Gasteiger partial charge in [0.25, 0.3) is 0 Å². The van der Waals surface area contributed by atoms with Crippen molar-refractivity contribution < 1.29 is 0 Å². The maximum atomic E-state index is 6.41. The summed E-state index contributed by atoms with van der Waals surface area (Å²) in [5.74, 6) is 0. The Balaban J connectivity index is 2.21. The summed E-state index contributed by atoms with van der Waals surface area (Å²) in [6, 6.07) is 9.29. The SMILES string of the molecule is NCCCCc1c(-c2ccc(Cl)cc2Cl)[nH]c2c(Cl)c(Cl)ccc12. The van der Waals surface area contributed by atoms with Gasteiger partial charge in [-0.05, 0) is 55.6 Å². The van der Waals surface area contributed by atoms with Crippen LogP contribution >= 0.6 is 46.4 Å². The van der Waals surface area contributed by atoms with Crippen molar-refractivity contribution >= 4 is 57.3 Å². The summed E-state index contributed by atoms with van der Waals surface area (Å²) in [6.07, 6.45) is 2.83. The lowest BCUT2D eigenvalue weighted by molar-refractivity contribution is 0.748. The number of hydrogen-bond acceptors (Lipinski definition) is 1. The minimum Gasteiger partial charge on any atom is -0.353 e. The van der Waals surface area contributed by atoms with Gasteiger partial charge in [-0.15, -0.1) is 0 Å². The molecule has 0 unspecified atom stereocenters. The molecule has 0 spiro atoms. The molecule has 24 heavy (non-hydrogen) atoms. The van der Waals surface area contributed by atoms with Crippen molar-refractivity contribution in [3.63, 3.8) is 0 Å². The lowest BCUT2D eigenvalue weighted by Crippen LogP contribution is -1.99. The number of H-pyrrole nitrogens is 1. The summed E-state index contributed by atoms with van der Waals surface area (Å²) in [7, 11) is 0. The Bertz CT molecular complexity index is 886. The number of aromatic nitrogens is 1. The third-order valence-corrected chi connectivity index (χ3v) is 5.41. The van der Waals surface area contributed by atoms with Crippen molar-refractivity contribution in [2.75, 3.05) is 6.54 Å². The van der Waals surface area contributed by atoms with Crippen LogP contribution in [0.3, 0.4) is 0 Å². The molecule has 0 aliphatic carbocycles. The van der Waals surface area contributed by atoms with Crippen LogP contribution < -0.4 is 5.73 Å². The van der Waals surface area contributed by atoms with Gasteiger partial charge in [-0.2, -0.15) is 0 Å². The molecule has 0 amide bonds. The number of aryl methyl sites for hydroxylation is 1. The highest BCUT2D eigenvalue weighted by molar-refractivity contribution is 6.45. The summed E-state index contributed by atoms with van der Waals surface area (Å²) in [6.45, 7) is 0.673. The van der Waals surface area contributed by atoms with Gasteiger partial charge in [-0.1, -0.05) is 52.5 Å². The Kier molecular flexibility index (Phi) is 5.63. The fraction of sp³-hybridized carbons (Fsp3) is 0.222. The van der Waals surface area contributed by atoms with E-state index in [0.717, 1.165) is 41.4 Å². The topological polar surface area (TPSA) is 41.8 Å². The third-order valence-electron chi connectivity index (χ3n) is 4.05. The number of nitrogens with two attached hydrogens (primary N) is 1. The van der Waals surface area contributed by atoms with Gasteiger partial charge in [0.1, 0.15) is 0 Å². The number of fused-ring (bicyclic) bond motifs is 1. The molecular formula is C18H16Cl4N2. The minimum atomic E-state index is 0.519. The number of aromatic amines is 1. The fourth-order valence-corrected chi connectivity index (χ4v) is 3.76. The molecule has 0 bridgehead atoms. The Morgan fingerprint density at radius 3 is 2.42 bits per heavy atom. The van der Waals surface area contributed by atoms with E-state index < -0.39 is 0 Å². The van der Waals surface area contributed by atoms with E-state index in [1.807, 2.05) is 24.3 Å². The highest BCUT2D eigenvalue weighted by Gasteiger charge is 2.18. The van der Waals surface area contributed by atoms with E-state index in [2.05, 4.69) is 4.98 Å². The molecule has 0 saturated heterocycles. The molecule has 1 aromatic heterocycles. The molecule has 3 aromatic rings. The van der Waals surface area contributed by atoms with Gasteiger partial charge in [0.05, 0.1) is 26.3 Å². The van der Waals surface area contributed by atoms with Crippen LogP contribution in [0.1, 0.15) is 18.4 Å². The first-order chi connectivity index (χ1) is 11.5. The molecule has 2 nitrogen and oxygen atoms in total. The molecule has 6 heteroatoms. The van der Waals surface area contributed by atoms with Crippen LogP contribution in [0, 0.1) is 0 Å². The number of unbranched alkanes of at least 4 members (excludes halogenated alkanes) is 1. The van der Waals surface area contributed by atoms with Gasteiger partial charge in [-0.25, -0.2) is 0 Å². The van der Waals surface area contributed by atoms with E-state index in [0.29, 0.717) is 26.6 Å². The minimum absolute atomic E-state index is 0.519. The standard InChI is InChI=1S/C18H16Cl4N2/c19-10-4-5-13(15(21)9-10)17-11(3-1-2-8-23)12-6-7-14(20)16(22)18(12)24-17/h4-7,9,24H,1-3,8,23H2. The summed E-state index contributed by atoms with van der Waals surface area (Å²) in [4.78, 5) is 3.40. The molecule has 3 rings (SSSR count). The second kappa shape index (κ2) is 7.55. The Morgan fingerprint density at radius 2 is 1.71 bits per heavy atom. The first-order valence-electron chi connectivity index (χ1n) is 7.67. The van der Waals surface area contributed by atoms with Crippen LogP contribution in [0.4, 0.5) is 0 Å². The molecule has 0 fully saturated rings. The molecule has 126 valence electrons. The van der Waals surface area contributed by atoms with Gasteiger partial charge in [0.2, 0.25) is 0 Å². The van der Waals surface area contributed by atoms with E-state index in [4.69, 9.17) is 52.1 Å². The highest BCUT2D eigenvalue weighted by Crippen LogP contribution is 2.40. The lowest BCUT2D eigenvalue weighted by Gasteiger charge is -2.07. The molecule has 1 heterocycles. The fourth-order valence-electron chi connectivity index (χ4n) is 2.89. The summed E-state index contributed by atoms with van der Waals surface area (Å²) < 4.78 is 0. The molecule has 3 N–H and O–H groups in total. The van der Waals surface area contributed by atoms with Crippen molar-refractivity contribution in [1.29, 1.82) is 0 Å². The molecule has 2 aromatic carbocycles. The Hall–Kier alpha value is -0.900. The second-order valence-electron chi connectivity index (χ2n) is 5.63. The smallest absolute Gasteiger partial charge is 0.0833 e. The van der Waals surface area contributed by atoms with Crippen molar-refractivity contribution in [3.8, 4) is 11.3 Å². The Morgan fingerprint density at radius 1 is 0.917 bits per heavy atom. The molecule has 0 atom stereocenters. The lowest BCUT2D eigenvalue weighted by atomic mass is 10.0. The van der Waals surface area contributed by atoms with E-state index in [-0.39, 0.29) is 0 Å². The van der Waals surface area contributed by atoms with Crippen LogP contribution in [0.5, 0.6) is 0 Å². The zero-order chi connectivity index (χ0) is 17.3. The quantitative estimate of drug-likeness (QED) is 0.457. The number of rotatable bonds is 5. The number of benzene rings is 2. The van der Waals surface area contributed by atoms with E-state index in [9.17, 15) is 0 Å². The monoisotopic (exact) mass is 400 g/mol. The zero-order valence-corrected chi connectivity index (χ0v) is 15.8. The van der Waals surface area contributed by atoms with Gasteiger partial charge < -0.3 is 10.7 Å². The average molecular weight is 402 g/mol.